The van der Waals surface area contributed by atoms with Crippen LogP contribution >= 0.6 is 0 Å². The van der Waals surface area contributed by atoms with Crippen LogP contribution in [0, 0.1) is 5.92 Å². The van der Waals surface area contributed by atoms with Crippen molar-refractivity contribution in [1.82, 2.24) is 0 Å². The first-order chi connectivity index (χ1) is 13.2. The lowest BCUT2D eigenvalue weighted by atomic mass is 9.90. The van der Waals surface area contributed by atoms with Crippen molar-refractivity contribution in [2.45, 2.75) is 44.5 Å². The molecule has 1 aromatic carbocycles. The largest absolute Gasteiger partial charge is 0.490 e. The van der Waals surface area contributed by atoms with Crippen molar-refractivity contribution in [3.8, 4) is 11.5 Å². The average molecular weight is 392 g/mol. The van der Waals surface area contributed by atoms with Crippen molar-refractivity contribution < 1.29 is 33.6 Å². The van der Waals surface area contributed by atoms with E-state index in [2.05, 4.69) is 0 Å². The summed E-state index contributed by atoms with van der Waals surface area (Å²) in [6, 6.07) is 6.24. The summed E-state index contributed by atoms with van der Waals surface area (Å²) in [6.45, 7) is 3.00. The lowest BCUT2D eigenvalue weighted by molar-refractivity contribution is -0.148. The van der Waals surface area contributed by atoms with Crippen molar-refractivity contribution in [3.63, 3.8) is 0 Å². The summed E-state index contributed by atoms with van der Waals surface area (Å²) in [4.78, 5) is 23.0. The van der Waals surface area contributed by atoms with Gasteiger partial charge in [-0.1, -0.05) is 6.92 Å². The van der Waals surface area contributed by atoms with E-state index in [1.807, 2.05) is 0 Å². The quantitative estimate of drug-likeness (QED) is 0.540. The van der Waals surface area contributed by atoms with Crippen LogP contribution in [0.15, 0.2) is 33.5 Å². The number of cyclic esters (lactones) is 1. The van der Waals surface area contributed by atoms with Gasteiger partial charge in [-0.25, -0.2) is 4.79 Å². The number of methoxy groups -OCH3 is 1. The van der Waals surface area contributed by atoms with Crippen LogP contribution in [0.3, 0.4) is 0 Å². The van der Waals surface area contributed by atoms with E-state index in [9.17, 15) is 19.8 Å². The van der Waals surface area contributed by atoms with Crippen LogP contribution in [-0.4, -0.2) is 47.7 Å². The zero-order chi connectivity index (χ0) is 20.5. The molecule has 1 aliphatic heterocycles. The SMILES string of the molecule is COc1c(OCC(O)C(C)(O)CC2CC(C)C(=O)O2)ccc2ccc(=O)oc12. The summed E-state index contributed by atoms with van der Waals surface area (Å²) in [5, 5.41) is 21.7. The van der Waals surface area contributed by atoms with Gasteiger partial charge in [-0.15, -0.1) is 0 Å². The highest BCUT2D eigenvalue weighted by Gasteiger charge is 2.39. The average Bonchev–Trinajstić information content (AvgIpc) is 2.95. The summed E-state index contributed by atoms with van der Waals surface area (Å²) in [5.41, 5.74) is -1.81. The fourth-order valence-electron chi connectivity index (χ4n) is 3.29. The molecule has 0 amide bonds. The van der Waals surface area contributed by atoms with Gasteiger partial charge in [0.2, 0.25) is 5.75 Å². The maximum Gasteiger partial charge on any atom is 0.336 e. The third-order valence-electron chi connectivity index (χ3n) is 4.97. The van der Waals surface area contributed by atoms with E-state index in [-0.39, 0.29) is 42.0 Å². The molecule has 2 heterocycles. The molecule has 0 bridgehead atoms. The minimum absolute atomic E-state index is 0.0946. The van der Waals surface area contributed by atoms with Crippen LogP contribution in [0.5, 0.6) is 11.5 Å². The van der Waals surface area contributed by atoms with Crippen molar-refractivity contribution >= 4 is 16.9 Å². The molecular weight excluding hydrogens is 368 g/mol. The highest BCUT2D eigenvalue weighted by atomic mass is 16.6. The number of aliphatic hydroxyl groups excluding tert-OH is 1. The van der Waals surface area contributed by atoms with Crippen molar-refractivity contribution in [1.29, 1.82) is 0 Å². The van der Waals surface area contributed by atoms with Crippen molar-refractivity contribution in [2.24, 2.45) is 5.92 Å². The van der Waals surface area contributed by atoms with Crippen molar-refractivity contribution in [2.75, 3.05) is 13.7 Å². The van der Waals surface area contributed by atoms with Crippen LogP contribution in [0.25, 0.3) is 11.0 Å². The Balaban J connectivity index is 1.70. The monoisotopic (exact) mass is 392 g/mol. The standard InChI is InChI=1S/C20H24O8/c1-11-8-13(27-19(11)23)9-20(2,24)15(21)10-26-14-6-4-12-5-7-16(22)28-17(12)18(14)25-3/h4-7,11,13,15,21,24H,8-10H2,1-3H3. The van der Waals surface area contributed by atoms with E-state index in [0.717, 1.165) is 0 Å². The number of ether oxygens (including phenoxy) is 3. The maximum atomic E-state index is 11.5. The van der Waals surface area contributed by atoms with Gasteiger partial charge in [0.05, 0.1) is 18.6 Å². The molecule has 28 heavy (non-hydrogen) atoms. The third-order valence-corrected chi connectivity index (χ3v) is 4.97. The molecule has 2 N–H and O–H groups in total. The number of esters is 1. The van der Waals surface area contributed by atoms with Crippen LogP contribution < -0.4 is 15.1 Å². The Morgan fingerprint density at radius 2 is 2.00 bits per heavy atom. The molecule has 8 nitrogen and oxygen atoms in total. The van der Waals surface area contributed by atoms with E-state index in [1.165, 1.54) is 20.1 Å². The van der Waals surface area contributed by atoms with Gasteiger partial charge in [-0.2, -0.15) is 0 Å². The van der Waals surface area contributed by atoms with Crippen LogP contribution in [0.2, 0.25) is 0 Å². The molecule has 0 spiro atoms. The fourth-order valence-corrected chi connectivity index (χ4v) is 3.29. The number of hydrogen-bond donors (Lipinski definition) is 2. The molecule has 0 saturated carbocycles. The minimum atomic E-state index is -1.52. The first-order valence-corrected chi connectivity index (χ1v) is 9.06. The molecule has 4 unspecified atom stereocenters. The molecule has 4 atom stereocenters. The minimum Gasteiger partial charge on any atom is -0.490 e. The second-order valence-corrected chi connectivity index (χ2v) is 7.35. The number of benzene rings is 1. The van der Waals surface area contributed by atoms with Gasteiger partial charge in [-0.05, 0) is 31.5 Å². The highest BCUT2D eigenvalue weighted by Crippen LogP contribution is 2.35. The van der Waals surface area contributed by atoms with Gasteiger partial charge in [0.15, 0.2) is 11.3 Å². The molecule has 8 heteroatoms. The van der Waals surface area contributed by atoms with Crippen LogP contribution in [0.1, 0.15) is 26.7 Å². The van der Waals surface area contributed by atoms with Crippen LogP contribution in [0.4, 0.5) is 0 Å². The van der Waals surface area contributed by atoms with E-state index >= 15 is 0 Å². The topological polar surface area (TPSA) is 115 Å². The molecule has 2 aromatic rings. The maximum absolute atomic E-state index is 11.5. The van der Waals surface area contributed by atoms with Gasteiger partial charge in [0.1, 0.15) is 18.8 Å². The smallest absolute Gasteiger partial charge is 0.336 e. The molecule has 1 fully saturated rings. The summed E-state index contributed by atoms with van der Waals surface area (Å²) < 4.78 is 21.3. The third kappa shape index (κ3) is 4.13. The summed E-state index contributed by atoms with van der Waals surface area (Å²) in [5.74, 6) is -0.0275. The number of rotatable bonds is 7. The molecule has 1 aromatic heterocycles. The zero-order valence-corrected chi connectivity index (χ0v) is 16.0. The lowest BCUT2D eigenvalue weighted by Gasteiger charge is -2.31. The van der Waals surface area contributed by atoms with E-state index in [1.54, 1.807) is 25.1 Å². The van der Waals surface area contributed by atoms with Crippen molar-refractivity contribution in [3.05, 3.63) is 34.7 Å². The lowest BCUT2D eigenvalue weighted by Crippen LogP contribution is -2.45. The second-order valence-electron chi connectivity index (χ2n) is 7.35. The molecule has 0 radical (unpaired) electrons. The highest BCUT2D eigenvalue weighted by molar-refractivity contribution is 5.85. The summed E-state index contributed by atoms with van der Waals surface area (Å²) in [7, 11) is 1.41. The summed E-state index contributed by atoms with van der Waals surface area (Å²) >= 11 is 0. The first-order valence-electron chi connectivity index (χ1n) is 9.06. The van der Waals surface area contributed by atoms with E-state index < -0.39 is 23.4 Å². The van der Waals surface area contributed by atoms with E-state index in [0.29, 0.717) is 11.8 Å². The number of fused-ring (bicyclic) bond motifs is 1. The van der Waals surface area contributed by atoms with Gasteiger partial charge in [0.25, 0.3) is 0 Å². The summed E-state index contributed by atoms with van der Waals surface area (Å²) in [6.07, 6.45) is -1.10. The van der Waals surface area contributed by atoms with Gasteiger partial charge in [-0.3, -0.25) is 4.79 Å². The molecular formula is C20H24O8. The number of carbonyl (C=O) groups is 1. The molecule has 1 aliphatic rings. The Hall–Kier alpha value is -2.58. The van der Waals surface area contributed by atoms with Gasteiger partial charge in [0, 0.05) is 17.9 Å². The van der Waals surface area contributed by atoms with Gasteiger partial charge < -0.3 is 28.8 Å². The predicted molar refractivity (Wildman–Crippen MR) is 99.4 cm³/mol. The Labute approximate surface area is 161 Å². The number of carbonyl (C=O) groups excluding carboxylic acids is 1. The van der Waals surface area contributed by atoms with E-state index in [4.69, 9.17) is 18.6 Å². The molecule has 3 rings (SSSR count). The Kier molecular flexibility index (Phi) is 5.62. The first kappa shape index (κ1) is 20.2. The second kappa shape index (κ2) is 7.81. The molecule has 0 aliphatic carbocycles. The Morgan fingerprint density at radius 3 is 2.64 bits per heavy atom. The Morgan fingerprint density at radius 1 is 1.29 bits per heavy atom. The van der Waals surface area contributed by atoms with Crippen LogP contribution in [-0.2, 0) is 9.53 Å². The Bertz CT molecular complexity index is 916. The van der Waals surface area contributed by atoms with Gasteiger partial charge >= 0.3 is 11.6 Å². The fraction of sp³-hybridized carbons (Fsp3) is 0.500. The molecule has 1 saturated heterocycles. The normalized spacial score (nSPS) is 22.5. The number of aliphatic hydroxyl groups is 2. The predicted octanol–water partition coefficient (Wildman–Crippen LogP) is 1.63. The number of hydrogen-bond acceptors (Lipinski definition) is 8. The molecule has 152 valence electrons. The zero-order valence-electron chi connectivity index (χ0n) is 16.0.